The number of thiazole rings is 1. The van der Waals surface area contributed by atoms with Crippen LogP contribution in [0.3, 0.4) is 0 Å². The lowest BCUT2D eigenvalue weighted by molar-refractivity contribution is 0.0526. The molecule has 0 N–H and O–H groups in total. The molecule has 0 saturated carbocycles. The molecule has 152 valence electrons. The number of carbonyl (C=O) groups excluding carboxylic acids is 2. The number of carbonyl (C=O) groups is 2. The summed E-state index contributed by atoms with van der Waals surface area (Å²) in [7, 11) is 1.63. The molecule has 0 aliphatic carbocycles. The Bertz CT molecular complexity index is 1110. The molecule has 0 atom stereocenters. The van der Waals surface area contributed by atoms with Crippen molar-refractivity contribution in [3.63, 3.8) is 0 Å². The number of aromatic nitrogens is 1. The van der Waals surface area contributed by atoms with Crippen molar-refractivity contribution in [1.29, 1.82) is 0 Å². The highest BCUT2D eigenvalue weighted by Gasteiger charge is 2.13. The summed E-state index contributed by atoms with van der Waals surface area (Å²) in [6.07, 6.45) is 0. The van der Waals surface area contributed by atoms with E-state index in [0.29, 0.717) is 35.7 Å². The molecule has 0 saturated heterocycles. The maximum atomic E-state index is 12.8. The Labute approximate surface area is 173 Å². The van der Waals surface area contributed by atoms with Crippen LogP contribution in [-0.4, -0.2) is 36.8 Å². The first-order valence-electron chi connectivity index (χ1n) is 9.39. The molecule has 3 aromatic rings. The molecule has 0 spiro atoms. The van der Waals surface area contributed by atoms with Crippen LogP contribution in [0.1, 0.15) is 38.8 Å². The second-order valence-electron chi connectivity index (χ2n) is 6.73. The minimum Gasteiger partial charge on any atom is -0.462 e. The van der Waals surface area contributed by atoms with Gasteiger partial charge in [-0.25, -0.2) is 4.79 Å². The lowest BCUT2D eigenvalue weighted by Crippen LogP contribution is -2.19. The first-order valence-corrected chi connectivity index (χ1v) is 10.2. The number of rotatable bonds is 6. The fourth-order valence-electron chi connectivity index (χ4n) is 3.15. The second kappa shape index (κ2) is 9.15. The number of amides is 1. The van der Waals surface area contributed by atoms with Gasteiger partial charge in [-0.3, -0.25) is 4.79 Å². The lowest BCUT2D eigenvalue weighted by atomic mass is 10.1. The maximum Gasteiger partial charge on any atom is 0.338 e. The Morgan fingerprint density at radius 3 is 2.45 bits per heavy atom. The van der Waals surface area contributed by atoms with E-state index in [2.05, 4.69) is 4.99 Å². The third kappa shape index (κ3) is 4.81. The number of ether oxygens (including phenoxy) is 2. The Morgan fingerprint density at radius 1 is 1.07 bits per heavy atom. The van der Waals surface area contributed by atoms with Crippen molar-refractivity contribution in [2.75, 3.05) is 20.3 Å². The minimum atomic E-state index is -0.365. The van der Waals surface area contributed by atoms with Gasteiger partial charge in [-0.2, -0.15) is 4.99 Å². The van der Waals surface area contributed by atoms with E-state index in [1.54, 1.807) is 26.2 Å². The zero-order valence-electron chi connectivity index (χ0n) is 17.0. The number of benzene rings is 2. The van der Waals surface area contributed by atoms with Crippen molar-refractivity contribution in [3.05, 3.63) is 63.5 Å². The maximum absolute atomic E-state index is 12.8. The molecule has 0 bridgehead atoms. The Hall–Kier alpha value is -2.77. The zero-order valence-corrected chi connectivity index (χ0v) is 17.8. The summed E-state index contributed by atoms with van der Waals surface area (Å²) in [5.41, 5.74) is 3.97. The smallest absolute Gasteiger partial charge is 0.338 e. The van der Waals surface area contributed by atoms with Crippen LogP contribution < -0.4 is 4.80 Å². The number of fused-ring (bicyclic) bond motifs is 1. The summed E-state index contributed by atoms with van der Waals surface area (Å²) in [5.74, 6) is -0.656. The predicted molar refractivity (Wildman–Crippen MR) is 113 cm³/mol. The quantitative estimate of drug-likeness (QED) is 0.576. The average Bonchev–Trinajstić information content (AvgIpc) is 3.01. The van der Waals surface area contributed by atoms with E-state index in [9.17, 15) is 9.59 Å². The highest BCUT2D eigenvalue weighted by atomic mass is 32.1. The van der Waals surface area contributed by atoms with Gasteiger partial charge in [0, 0.05) is 19.2 Å². The van der Waals surface area contributed by atoms with Gasteiger partial charge in [0.15, 0.2) is 4.80 Å². The van der Waals surface area contributed by atoms with Gasteiger partial charge < -0.3 is 14.0 Å². The molecule has 0 fully saturated rings. The highest BCUT2D eigenvalue weighted by Crippen LogP contribution is 2.20. The summed E-state index contributed by atoms with van der Waals surface area (Å²) in [6, 6.07) is 11.1. The molecule has 0 unspecified atom stereocenters. The molecule has 1 heterocycles. The van der Waals surface area contributed by atoms with E-state index in [-0.39, 0.29) is 11.9 Å². The third-order valence-corrected chi connectivity index (χ3v) is 5.42. The van der Waals surface area contributed by atoms with Crippen LogP contribution in [0.25, 0.3) is 10.2 Å². The van der Waals surface area contributed by atoms with E-state index in [1.807, 2.05) is 42.7 Å². The van der Waals surface area contributed by atoms with Gasteiger partial charge in [0.25, 0.3) is 5.91 Å². The van der Waals surface area contributed by atoms with Crippen LogP contribution in [0, 0.1) is 13.8 Å². The monoisotopic (exact) mass is 412 g/mol. The van der Waals surface area contributed by atoms with E-state index in [1.165, 1.54) is 11.3 Å². The number of hydrogen-bond acceptors (Lipinski definition) is 5. The average molecular weight is 413 g/mol. The van der Waals surface area contributed by atoms with Gasteiger partial charge in [-0.05, 0) is 51.1 Å². The Morgan fingerprint density at radius 2 is 1.79 bits per heavy atom. The number of nitrogens with zero attached hydrogens (tertiary/aromatic N) is 2. The highest BCUT2D eigenvalue weighted by molar-refractivity contribution is 7.16. The fourth-order valence-corrected chi connectivity index (χ4v) is 4.24. The number of aryl methyl sites for hydroxylation is 2. The second-order valence-corrected chi connectivity index (χ2v) is 7.73. The molecule has 1 aromatic heterocycles. The van der Waals surface area contributed by atoms with Gasteiger partial charge in [0.2, 0.25) is 0 Å². The standard InChI is InChI=1S/C22H24N2O4S/c1-5-28-21(26)16-6-7-18-19(13-16)29-22(24(18)8-9-27-4)23-20(25)17-11-14(2)10-15(3)12-17/h6-7,10-13H,5,8-9H2,1-4H3. The molecule has 3 rings (SSSR count). The van der Waals surface area contributed by atoms with Crippen molar-refractivity contribution in [3.8, 4) is 0 Å². The largest absolute Gasteiger partial charge is 0.462 e. The van der Waals surface area contributed by atoms with Gasteiger partial charge >= 0.3 is 5.97 Å². The summed E-state index contributed by atoms with van der Waals surface area (Å²) in [6.45, 7) is 7.04. The number of methoxy groups -OCH3 is 1. The molecule has 0 radical (unpaired) electrons. The van der Waals surface area contributed by atoms with Crippen molar-refractivity contribution in [2.24, 2.45) is 4.99 Å². The van der Waals surface area contributed by atoms with Crippen LogP contribution in [-0.2, 0) is 16.0 Å². The summed E-state index contributed by atoms with van der Waals surface area (Å²) >= 11 is 1.37. The fraction of sp³-hybridized carbons (Fsp3) is 0.318. The summed E-state index contributed by atoms with van der Waals surface area (Å²) in [4.78, 5) is 29.8. The minimum absolute atomic E-state index is 0.292. The molecule has 6 nitrogen and oxygen atoms in total. The predicted octanol–water partition coefficient (Wildman–Crippen LogP) is 3.88. The van der Waals surface area contributed by atoms with E-state index >= 15 is 0 Å². The van der Waals surface area contributed by atoms with Crippen molar-refractivity contribution in [2.45, 2.75) is 27.3 Å². The van der Waals surface area contributed by atoms with Crippen LogP contribution in [0.2, 0.25) is 0 Å². The molecule has 0 aliphatic rings. The molecule has 29 heavy (non-hydrogen) atoms. The molecular formula is C22H24N2O4S. The van der Waals surface area contributed by atoms with Crippen LogP contribution in [0.15, 0.2) is 41.4 Å². The Kier molecular flexibility index (Phi) is 6.61. The van der Waals surface area contributed by atoms with Gasteiger partial charge in [0.1, 0.15) is 0 Å². The molecule has 2 aromatic carbocycles. The summed E-state index contributed by atoms with van der Waals surface area (Å²) in [5, 5.41) is 0. The first kappa shape index (κ1) is 21.0. The molecule has 0 aliphatic heterocycles. The first-order chi connectivity index (χ1) is 13.9. The molecule has 1 amide bonds. The SMILES string of the molecule is CCOC(=O)c1ccc2c(c1)sc(=NC(=O)c1cc(C)cc(C)c1)n2CCOC. The van der Waals surface area contributed by atoms with Crippen molar-refractivity contribution >= 4 is 33.4 Å². The lowest BCUT2D eigenvalue weighted by Gasteiger charge is -2.05. The normalized spacial score (nSPS) is 11.8. The summed E-state index contributed by atoms with van der Waals surface area (Å²) < 4.78 is 13.1. The van der Waals surface area contributed by atoms with Crippen molar-refractivity contribution in [1.82, 2.24) is 4.57 Å². The molecule has 7 heteroatoms. The van der Waals surface area contributed by atoms with Crippen LogP contribution in [0.5, 0.6) is 0 Å². The van der Waals surface area contributed by atoms with Crippen LogP contribution >= 0.6 is 11.3 Å². The van der Waals surface area contributed by atoms with E-state index < -0.39 is 0 Å². The van der Waals surface area contributed by atoms with E-state index in [0.717, 1.165) is 21.3 Å². The van der Waals surface area contributed by atoms with Gasteiger partial charge in [-0.15, -0.1) is 0 Å². The number of hydrogen-bond donors (Lipinski definition) is 0. The van der Waals surface area contributed by atoms with Gasteiger partial charge in [-0.1, -0.05) is 28.5 Å². The van der Waals surface area contributed by atoms with Gasteiger partial charge in [0.05, 0.1) is 29.0 Å². The topological polar surface area (TPSA) is 69.9 Å². The zero-order chi connectivity index (χ0) is 21.0. The Balaban J connectivity index is 2.10. The molecular weight excluding hydrogens is 388 g/mol. The number of esters is 1. The van der Waals surface area contributed by atoms with Crippen LogP contribution in [0.4, 0.5) is 0 Å². The van der Waals surface area contributed by atoms with E-state index in [4.69, 9.17) is 9.47 Å². The van der Waals surface area contributed by atoms with Crippen molar-refractivity contribution < 1.29 is 19.1 Å². The third-order valence-electron chi connectivity index (χ3n) is 4.38.